The van der Waals surface area contributed by atoms with Crippen molar-refractivity contribution in [3.63, 3.8) is 0 Å². The number of amides is 1. The molecule has 3 aromatic rings. The fraction of sp³-hybridized carbons (Fsp3) is 0.400. The number of carbonyl (C=O) groups excluding carboxylic acids is 1. The molecule has 2 N–H and O–H groups in total. The van der Waals surface area contributed by atoms with E-state index >= 15 is 0 Å². The molecule has 2 atom stereocenters. The lowest BCUT2D eigenvalue weighted by atomic mass is 9.81. The van der Waals surface area contributed by atoms with Gasteiger partial charge in [-0.25, -0.2) is 9.37 Å². The van der Waals surface area contributed by atoms with Crippen LogP contribution in [0.1, 0.15) is 42.5 Å². The van der Waals surface area contributed by atoms with E-state index in [9.17, 15) is 45.7 Å². The predicted octanol–water partition coefficient (Wildman–Crippen LogP) is 6.11. The summed E-state index contributed by atoms with van der Waals surface area (Å²) in [6.07, 6.45) is -9.32. The first-order valence-corrected chi connectivity index (χ1v) is 13.2. The summed E-state index contributed by atoms with van der Waals surface area (Å²) in [5, 5.41) is 20.0. The van der Waals surface area contributed by atoms with Crippen LogP contribution in [-0.2, 0) is 22.6 Å². The Morgan fingerprint density at radius 3 is 2.12 bits per heavy atom. The highest BCUT2D eigenvalue weighted by Crippen LogP contribution is 2.41. The Morgan fingerprint density at radius 2 is 1.58 bits per heavy atom. The maximum Gasteiger partial charge on any atom is 0.416 e. The normalized spacial score (nSPS) is 17.8. The molecular formula is C30H30F7N3O3. The van der Waals surface area contributed by atoms with Crippen molar-refractivity contribution in [3.8, 4) is 11.1 Å². The number of rotatable bonds is 6. The van der Waals surface area contributed by atoms with E-state index < -0.39 is 58.3 Å². The minimum Gasteiger partial charge on any atom is -0.394 e. The van der Waals surface area contributed by atoms with Crippen LogP contribution in [0.4, 0.5) is 42.2 Å². The molecule has 1 fully saturated rings. The van der Waals surface area contributed by atoms with Crippen LogP contribution in [0.3, 0.4) is 0 Å². The summed E-state index contributed by atoms with van der Waals surface area (Å²) in [5.74, 6) is -0.985. The molecule has 43 heavy (non-hydrogen) atoms. The Bertz CT molecular complexity index is 1490. The maximum absolute atomic E-state index is 14.1. The van der Waals surface area contributed by atoms with Crippen LogP contribution in [0, 0.1) is 12.7 Å². The average Bonchev–Trinajstić information content (AvgIpc) is 3.32. The van der Waals surface area contributed by atoms with Gasteiger partial charge in [0.1, 0.15) is 11.6 Å². The van der Waals surface area contributed by atoms with Crippen molar-refractivity contribution in [3.05, 3.63) is 76.7 Å². The van der Waals surface area contributed by atoms with E-state index in [1.54, 1.807) is 11.0 Å². The number of pyridine rings is 1. The maximum atomic E-state index is 14.1. The first kappa shape index (κ1) is 32.2. The number of aliphatic hydroxyl groups is 2. The van der Waals surface area contributed by atoms with Gasteiger partial charge in [-0.1, -0.05) is 6.07 Å². The zero-order valence-electron chi connectivity index (χ0n) is 23.7. The smallest absolute Gasteiger partial charge is 0.394 e. The molecule has 4 rings (SSSR count). The number of hydrogen-bond donors (Lipinski definition) is 2. The van der Waals surface area contributed by atoms with Gasteiger partial charge in [0.25, 0.3) is 0 Å². The molecule has 0 aliphatic carbocycles. The molecule has 232 valence electrons. The minimum absolute atomic E-state index is 0.000323. The fourth-order valence-electron chi connectivity index (χ4n) is 5.22. The van der Waals surface area contributed by atoms with E-state index in [4.69, 9.17) is 0 Å². The van der Waals surface area contributed by atoms with Crippen molar-refractivity contribution in [2.24, 2.45) is 0 Å². The van der Waals surface area contributed by atoms with Crippen molar-refractivity contribution in [2.75, 3.05) is 30.0 Å². The van der Waals surface area contributed by atoms with Gasteiger partial charge in [-0.3, -0.25) is 4.79 Å². The summed E-state index contributed by atoms with van der Waals surface area (Å²) < 4.78 is 95.5. The van der Waals surface area contributed by atoms with E-state index in [0.717, 1.165) is 4.90 Å². The van der Waals surface area contributed by atoms with Gasteiger partial charge >= 0.3 is 12.4 Å². The molecule has 13 heteroatoms. The third-order valence-corrected chi connectivity index (χ3v) is 7.74. The number of hydrogen-bond acceptors (Lipinski definition) is 5. The third kappa shape index (κ3) is 6.47. The van der Waals surface area contributed by atoms with Crippen molar-refractivity contribution in [1.29, 1.82) is 0 Å². The number of benzene rings is 2. The van der Waals surface area contributed by atoms with Crippen LogP contribution in [0.5, 0.6) is 0 Å². The number of anilines is 2. The van der Waals surface area contributed by atoms with Crippen LogP contribution in [0.25, 0.3) is 11.1 Å². The van der Waals surface area contributed by atoms with Gasteiger partial charge < -0.3 is 20.0 Å². The van der Waals surface area contributed by atoms with Crippen molar-refractivity contribution < 1.29 is 45.7 Å². The summed E-state index contributed by atoms with van der Waals surface area (Å²) in [6.45, 7) is 3.88. The van der Waals surface area contributed by atoms with Gasteiger partial charge in [-0.2, -0.15) is 26.3 Å². The number of β-amino-alcohol motifs (C(OH)–C–C–N with tert-alkyl or cyclic N) is 1. The van der Waals surface area contributed by atoms with Gasteiger partial charge in [0.05, 0.1) is 47.2 Å². The molecule has 2 heterocycles. The summed E-state index contributed by atoms with van der Waals surface area (Å²) in [5.41, 5.74) is -4.20. The molecule has 0 saturated carbocycles. The first-order chi connectivity index (χ1) is 19.8. The van der Waals surface area contributed by atoms with Gasteiger partial charge in [-0.15, -0.1) is 0 Å². The molecule has 1 saturated heterocycles. The largest absolute Gasteiger partial charge is 0.416 e. The Morgan fingerprint density at radius 1 is 1.00 bits per heavy atom. The number of halogens is 7. The lowest BCUT2D eigenvalue weighted by Gasteiger charge is -2.32. The van der Waals surface area contributed by atoms with E-state index in [1.165, 1.54) is 52.2 Å². The molecule has 1 aliphatic rings. The second-order valence-corrected chi connectivity index (χ2v) is 11.2. The predicted molar refractivity (Wildman–Crippen MR) is 146 cm³/mol. The van der Waals surface area contributed by atoms with Crippen molar-refractivity contribution >= 4 is 17.4 Å². The van der Waals surface area contributed by atoms with Crippen molar-refractivity contribution in [1.82, 2.24) is 4.98 Å². The molecule has 6 nitrogen and oxygen atoms in total. The number of aryl methyl sites for hydroxylation is 1. The number of aromatic nitrogens is 1. The van der Waals surface area contributed by atoms with Crippen LogP contribution < -0.4 is 9.80 Å². The molecule has 1 amide bonds. The molecular weight excluding hydrogens is 583 g/mol. The van der Waals surface area contributed by atoms with Gasteiger partial charge in [0, 0.05) is 19.2 Å². The molecule has 1 aliphatic heterocycles. The first-order valence-electron chi connectivity index (χ1n) is 13.2. The monoisotopic (exact) mass is 613 g/mol. The van der Waals surface area contributed by atoms with Gasteiger partial charge in [0.2, 0.25) is 5.91 Å². The van der Waals surface area contributed by atoms with E-state index in [-0.39, 0.29) is 36.9 Å². The Balaban J connectivity index is 1.83. The molecule has 0 spiro atoms. The van der Waals surface area contributed by atoms with Gasteiger partial charge in [0.15, 0.2) is 0 Å². The number of aliphatic hydroxyl groups excluding tert-OH is 2. The van der Waals surface area contributed by atoms with Crippen LogP contribution in [0.2, 0.25) is 0 Å². The summed E-state index contributed by atoms with van der Waals surface area (Å²) >= 11 is 0. The standard InChI is InChI=1S/C30H30F7N3O3/c1-16-7-17(5-6-24(16)31)23-12-26(40-14-22(42)11-21(40)15-41)38-13-25(23)39(4)27(43)28(2,3)18-8-19(29(32,33)34)10-20(9-18)30(35,36)37/h5-10,12-13,21-22,41-42H,11,14-15H2,1-4H3/t21-,22+/m0/s1. The lowest BCUT2D eigenvalue weighted by molar-refractivity contribution is -0.143. The number of nitrogens with zero attached hydrogens (tertiary/aromatic N) is 3. The third-order valence-electron chi connectivity index (χ3n) is 7.74. The van der Waals surface area contributed by atoms with E-state index in [1.807, 2.05) is 0 Å². The molecule has 2 aromatic carbocycles. The zero-order valence-corrected chi connectivity index (χ0v) is 23.7. The molecule has 0 bridgehead atoms. The molecule has 1 aromatic heterocycles. The molecule has 0 radical (unpaired) electrons. The SMILES string of the molecule is Cc1cc(-c2cc(N3C[C@H](O)C[C@H]3CO)ncc2N(C)C(=O)C(C)(C)c2cc(C(F)(F)F)cc(C(F)(F)F)c2)ccc1F. The van der Waals surface area contributed by atoms with Crippen LogP contribution in [0.15, 0.2) is 48.7 Å². The summed E-state index contributed by atoms with van der Waals surface area (Å²) in [4.78, 5) is 21.0. The van der Waals surface area contributed by atoms with E-state index in [0.29, 0.717) is 29.1 Å². The quantitative estimate of drug-likeness (QED) is 0.329. The number of alkyl halides is 6. The van der Waals surface area contributed by atoms with Crippen molar-refractivity contribution in [2.45, 2.75) is 57.1 Å². The summed E-state index contributed by atoms with van der Waals surface area (Å²) in [6, 6.07) is 6.38. The van der Waals surface area contributed by atoms with Gasteiger partial charge in [-0.05, 0) is 80.3 Å². The molecule has 0 unspecified atom stereocenters. The highest BCUT2D eigenvalue weighted by Gasteiger charge is 2.41. The zero-order chi connectivity index (χ0) is 32.1. The van der Waals surface area contributed by atoms with E-state index in [2.05, 4.69) is 4.98 Å². The number of carbonyl (C=O) groups is 1. The lowest BCUT2D eigenvalue weighted by Crippen LogP contribution is -2.42. The Hall–Kier alpha value is -3.71. The second kappa shape index (κ2) is 11.4. The van der Waals surface area contributed by atoms with Crippen LogP contribution in [-0.4, -0.2) is 53.4 Å². The highest BCUT2D eigenvalue weighted by molar-refractivity contribution is 6.03. The summed E-state index contributed by atoms with van der Waals surface area (Å²) in [7, 11) is 1.31. The van der Waals surface area contributed by atoms with Crippen LogP contribution >= 0.6 is 0 Å². The second-order valence-electron chi connectivity index (χ2n) is 11.2. The fourth-order valence-corrected chi connectivity index (χ4v) is 5.22. The Labute approximate surface area is 243 Å². The number of likely N-dealkylation sites (N-methyl/N-ethyl adjacent to an activating group) is 1. The Kier molecular flexibility index (Phi) is 8.55. The minimum atomic E-state index is -5.09. The average molecular weight is 614 g/mol. The highest BCUT2D eigenvalue weighted by atomic mass is 19.4. The topological polar surface area (TPSA) is 76.9 Å².